The summed E-state index contributed by atoms with van der Waals surface area (Å²) in [5.74, 6) is 0.612. The van der Waals surface area contributed by atoms with Gasteiger partial charge >= 0.3 is 0 Å². The monoisotopic (exact) mass is 248 g/mol. The first-order valence-corrected chi connectivity index (χ1v) is 5.94. The number of rotatable bonds is 2. The zero-order valence-corrected chi connectivity index (χ0v) is 10.9. The number of anilines is 1. The Kier molecular flexibility index (Phi) is 6.12. The van der Waals surface area contributed by atoms with Gasteiger partial charge in [0.05, 0.1) is 0 Å². The molecule has 0 spiro atoms. The Morgan fingerprint density at radius 1 is 1.00 bits per heavy atom. The minimum atomic E-state index is 0.612. The van der Waals surface area contributed by atoms with Gasteiger partial charge in [-0.2, -0.15) is 0 Å². The molecule has 0 N–H and O–H groups in total. The summed E-state index contributed by atoms with van der Waals surface area (Å²) in [5, 5.41) is 0. The number of aromatic nitrogens is 1. The van der Waals surface area contributed by atoms with Crippen LogP contribution in [0.1, 0.15) is 5.56 Å². The maximum absolute atomic E-state index is 5.53. The minimum Gasteiger partial charge on any atom is -0.378 e. The van der Waals surface area contributed by atoms with Gasteiger partial charge in [0.15, 0.2) is 0 Å². The van der Waals surface area contributed by atoms with Gasteiger partial charge in [0.25, 0.3) is 0 Å². The van der Waals surface area contributed by atoms with Crippen molar-refractivity contribution in [2.24, 2.45) is 0 Å². The van der Waals surface area contributed by atoms with E-state index in [2.05, 4.69) is 4.98 Å². The molecule has 0 radical (unpaired) electrons. The summed E-state index contributed by atoms with van der Waals surface area (Å²) >= 11 is 5.53. The third-order valence-corrected chi connectivity index (χ3v) is 2.48. The van der Waals surface area contributed by atoms with Gasteiger partial charge in [-0.25, -0.2) is 0 Å². The van der Waals surface area contributed by atoms with Crippen molar-refractivity contribution in [2.45, 2.75) is 5.88 Å². The van der Waals surface area contributed by atoms with Crippen LogP contribution in [0.3, 0.4) is 0 Å². The van der Waals surface area contributed by atoms with Gasteiger partial charge < -0.3 is 4.90 Å². The maximum Gasteiger partial charge on any atom is 0.0474 e. The van der Waals surface area contributed by atoms with Crippen molar-refractivity contribution in [2.75, 3.05) is 19.0 Å². The van der Waals surface area contributed by atoms with Crippen LogP contribution >= 0.6 is 11.6 Å². The molecule has 0 fully saturated rings. The van der Waals surface area contributed by atoms with Gasteiger partial charge in [-0.05, 0) is 17.7 Å². The fraction of sp³-hybridized carbons (Fsp3) is 0.214. The Bertz CT molecular complexity index is 401. The summed E-state index contributed by atoms with van der Waals surface area (Å²) in [6, 6.07) is 13.9. The van der Waals surface area contributed by atoms with Gasteiger partial charge in [0.1, 0.15) is 0 Å². The molecule has 0 bridgehead atoms. The molecule has 1 aromatic heterocycles. The van der Waals surface area contributed by atoms with Crippen LogP contribution in [-0.2, 0) is 5.88 Å². The molecule has 0 saturated carbocycles. The van der Waals surface area contributed by atoms with E-state index >= 15 is 0 Å². The lowest BCUT2D eigenvalue weighted by Crippen LogP contribution is -2.07. The minimum absolute atomic E-state index is 0.612. The highest BCUT2D eigenvalue weighted by Crippen LogP contribution is 2.05. The fourth-order valence-electron chi connectivity index (χ4n) is 1.21. The zero-order chi connectivity index (χ0) is 12.5. The number of nitrogens with zero attached hydrogens (tertiary/aromatic N) is 2. The first kappa shape index (κ1) is 13.5. The molecule has 90 valence electrons. The van der Waals surface area contributed by atoms with Crippen LogP contribution < -0.4 is 4.90 Å². The average Bonchev–Trinajstić information content (AvgIpc) is 2.41. The number of pyridine rings is 1. The summed E-state index contributed by atoms with van der Waals surface area (Å²) in [6.07, 6.45) is 3.57. The molecule has 1 aromatic carbocycles. The number of alkyl halides is 1. The van der Waals surface area contributed by atoms with E-state index in [1.807, 2.05) is 61.5 Å². The van der Waals surface area contributed by atoms with Crippen molar-refractivity contribution in [3.8, 4) is 0 Å². The van der Waals surface area contributed by atoms with E-state index in [0.717, 1.165) is 0 Å². The largest absolute Gasteiger partial charge is 0.378 e. The zero-order valence-electron chi connectivity index (χ0n) is 10.2. The first-order valence-electron chi connectivity index (χ1n) is 5.41. The molecule has 1 heterocycles. The second-order valence-corrected chi connectivity index (χ2v) is 3.99. The third-order valence-electron chi connectivity index (χ3n) is 2.18. The lowest BCUT2D eigenvalue weighted by molar-refractivity contribution is 1.12. The van der Waals surface area contributed by atoms with Crippen molar-refractivity contribution < 1.29 is 0 Å². The summed E-state index contributed by atoms with van der Waals surface area (Å²) in [6.45, 7) is 0. The molecule has 0 unspecified atom stereocenters. The molecule has 2 rings (SSSR count). The Labute approximate surface area is 108 Å². The molecule has 0 aliphatic rings. The third kappa shape index (κ3) is 5.36. The van der Waals surface area contributed by atoms with Gasteiger partial charge in [-0.3, -0.25) is 4.98 Å². The molecule has 0 amide bonds. The van der Waals surface area contributed by atoms with Crippen LogP contribution in [0.25, 0.3) is 0 Å². The number of benzene rings is 1. The smallest absolute Gasteiger partial charge is 0.0474 e. The highest BCUT2D eigenvalue weighted by Gasteiger charge is 1.88. The fourth-order valence-corrected chi connectivity index (χ4v) is 1.39. The number of halogens is 1. The van der Waals surface area contributed by atoms with Crippen LogP contribution in [-0.4, -0.2) is 19.1 Å². The van der Waals surface area contributed by atoms with E-state index in [-0.39, 0.29) is 0 Å². The molecular weight excluding hydrogens is 232 g/mol. The molecule has 0 atom stereocenters. The second kappa shape index (κ2) is 7.69. The predicted octanol–water partition coefficient (Wildman–Crippen LogP) is 3.57. The van der Waals surface area contributed by atoms with E-state index in [0.29, 0.717) is 5.88 Å². The molecular formula is C14H17ClN2. The van der Waals surface area contributed by atoms with E-state index < -0.39 is 0 Å². The predicted molar refractivity (Wildman–Crippen MR) is 74.6 cm³/mol. The van der Waals surface area contributed by atoms with Crippen molar-refractivity contribution in [1.29, 1.82) is 0 Å². The quantitative estimate of drug-likeness (QED) is 0.756. The molecule has 0 saturated heterocycles. The average molecular weight is 249 g/mol. The van der Waals surface area contributed by atoms with Gasteiger partial charge in [-0.15, -0.1) is 11.6 Å². The van der Waals surface area contributed by atoms with Gasteiger partial charge in [0.2, 0.25) is 0 Å². The van der Waals surface area contributed by atoms with E-state index in [1.54, 1.807) is 12.4 Å². The molecule has 2 nitrogen and oxygen atoms in total. The van der Waals surface area contributed by atoms with Crippen LogP contribution in [0.2, 0.25) is 0 Å². The Hall–Kier alpha value is -1.54. The van der Waals surface area contributed by atoms with Crippen LogP contribution in [0.4, 0.5) is 5.69 Å². The van der Waals surface area contributed by atoms with Crippen molar-refractivity contribution >= 4 is 17.3 Å². The van der Waals surface area contributed by atoms with Crippen molar-refractivity contribution in [1.82, 2.24) is 4.98 Å². The molecule has 3 heteroatoms. The topological polar surface area (TPSA) is 16.1 Å². The standard InChI is InChI=1S/C7H7Cl.C7H10N2/c8-6-7-4-2-1-3-5-7;1-9(2)7-3-5-8-6-4-7/h1-5H,6H2;3-6H,1-2H3. The Morgan fingerprint density at radius 2 is 1.59 bits per heavy atom. The first-order chi connectivity index (χ1) is 8.24. The number of hydrogen-bond donors (Lipinski definition) is 0. The summed E-state index contributed by atoms with van der Waals surface area (Å²) in [5.41, 5.74) is 2.36. The van der Waals surface area contributed by atoms with Crippen LogP contribution in [0.5, 0.6) is 0 Å². The lowest BCUT2D eigenvalue weighted by Gasteiger charge is -2.10. The van der Waals surface area contributed by atoms with E-state index in [4.69, 9.17) is 11.6 Å². The lowest BCUT2D eigenvalue weighted by atomic mass is 10.2. The van der Waals surface area contributed by atoms with Crippen molar-refractivity contribution in [3.05, 3.63) is 60.4 Å². The maximum atomic E-state index is 5.53. The van der Waals surface area contributed by atoms with Gasteiger partial charge in [-0.1, -0.05) is 30.3 Å². The summed E-state index contributed by atoms with van der Waals surface area (Å²) < 4.78 is 0. The molecule has 0 aliphatic carbocycles. The Morgan fingerprint density at radius 3 is 1.94 bits per heavy atom. The summed E-state index contributed by atoms with van der Waals surface area (Å²) in [4.78, 5) is 5.94. The van der Waals surface area contributed by atoms with E-state index in [1.165, 1.54) is 11.3 Å². The highest BCUT2D eigenvalue weighted by atomic mass is 35.5. The summed E-state index contributed by atoms with van der Waals surface area (Å²) in [7, 11) is 4.02. The van der Waals surface area contributed by atoms with Crippen LogP contribution in [0.15, 0.2) is 54.9 Å². The molecule has 0 aliphatic heterocycles. The van der Waals surface area contributed by atoms with Gasteiger partial charge in [0, 0.05) is 38.1 Å². The second-order valence-electron chi connectivity index (χ2n) is 3.72. The SMILES string of the molecule is CN(C)c1ccncc1.ClCc1ccccc1. The molecule has 17 heavy (non-hydrogen) atoms. The normalized spacial score (nSPS) is 9.12. The van der Waals surface area contributed by atoms with E-state index in [9.17, 15) is 0 Å². The Balaban J connectivity index is 0.000000171. The highest BCUT2D eigenvalue weighted by molar-refractivity contribution is 6.17. The van der Waals surface area contributed by atoms with Crippen LogP contribution in [0, 0.1) is 0 Å². The number of hydrogen-bond acceptors (Lipinski definition) is 2. The molecule has 2 aromatic rings. The van der Waals surface area contributed by atoms with Crippen molar-refractivity contribution in [3.63, 3.8) is 0 Å².